The van der Waals surface area contributed by atoms with E-state index in [-0.39, 0.29) is 5.56 Å². The van der Waals surface area contributed by atoms with E-state index < -0.39 is 18.5 Å². The number of nitrogens with one attached hydrogen (secondary N) is 1. The van der Waals surface area contributed by atoms with Gasteiger partial charge < -0.3 is 24.3 Å². The van der Waals surface area contributed by atoms with E-state index in [2.05, 4.69) is 5.32 Å². The molecule has 2 aromatic carbocycles. The fourth-order valence-electron chi connectivity index (χ4n) is 2.40. The first kappa shape index (κ1) is 21.4. The summed E-state index contributed by atoms with van der Waals surface area (Å²) < 4.78 is 20.9. The molecule has 2 rings (SSSR count). The van der Waals surface area contributed by atoms with Crippen molar-refractivity contribution < 1.29 is 28.5 Å². The molecule has 2 aromatic rings. The zero-order chi connectivity index (χ0) is 20.7. The minimum atomic E-state index is -0.657. The summed E-state index contributed by atoms with van der Waals surface area (Å²) in [6.07, 6.45) is 0. The smallest absolute Gasteiger partial charge is 0.338 e. The second-order valence-electron chi connectivity index (χ2n) is 5.72. The van der Waals surface area contributed by atoms with Crippen molar-refractivity contribution in [1.82, 2.24) is 0 Å². The molecule has 0 spiro atoms. The van der Waals surface area contributed by atoms with Crippen molar-refractivity contribution in [3.05, 3.63) is 46.5 Å². The molecule has 0 saturated heterocycles. The Labute approximate surface area is 168 Å². The third-order valence-electron chi connectivity index (χ3n) is 3.79. The summed E-state index contributed by atoms with van der Waals surface area (Å²) in [7, 11) is 2.94. The Morgan fingerprint density at radius 3 is 2.39 bits per heavy atom. The molecule has 0 aliphatic rings. The molecule has 0 fully saturated rings. The van der Waals surface area contributed by atoms with Crippen LogP contribution in [-0.4, -0.2) is 39.3 Å². The maximum absolute atomic E-state index is 12.2. The predicted octanol–water partition coefficient (Wildman–Crippen LogP) is 3.86. The number of amides is 1. The Bertz CT molecular complexity index is 868. The van der Waals surface area contributed by atoms with Crippen molar-refractivity contribution >= 4 is 29.2 Å². The van der Waals surface area contributed by atoms with Crippen molar-refractivity contribution in [3.8, 4) is 17.2 Å². The number of rotatable bonds is 8. The molecule has 1 N–H and O–H groups in total. The largest absolute Gasteiger partial charge is 0.495 e. The lowest BCUT2D eigenvalue weighted by Gasteiger charge is -2.13. The highest BCUT2D eigenvalue weighted by atomic mass is 35.5. The van der Waals surface area contributed by atoms with Crippen molar-refractivity contribution in [2.45, 2.75) is 13.8 Å². The molecule has 0 bridgehead atoms. The molecule has 0 aliphatic heterocycles. The summed E-state index contributed by atoms with van der Waals surface area (Å²) in [6, 6.07) is 7.93. The average Bonchev–Trinajstić information content (AvgIpc) is 2.69. The van der Waals surface area contributed by atoms with Crippen molar-refractivity contribution in [2.24, 2.45) is 0 Å². The van der Waals surface area contributed by atoms with E-state index in [1.807, 2.05) is 6.92 Å². The van der Waals surface area contributed by atoms with E-state index in [1.165, 1.54) is 20.3 Å². The van der Waals surface area contributed by atoms with E-state index in [0.717, 1.165) is 5.56 Å². The molecule has 0 aliphatic carbocycles. The van der Waals surface area contributed by atoms with Crippen LogP contribution in [0.5, 0.6) is 17.2 Å². The fourth-order valence-corrected chi connectivity index (χ4v) is 2.55. The first-order valence-electron chi connectivity index (χ1n) is 8.51. The number of carbonyl (C=O) groups excluding carboxylic acids is 2. The second kappa shape index (κ2) is 9.85. The molecule has 0 unspecified atom stereocenters. The van der Waals surface area contributed by atoms with Crippen LogP contribution in [0.1, 0.15) is 22.8 Å². The number of hydrogen-bond donors (Lipinski definition) is 1. The number of aryl methyl sites for hydroxylation is 1. The van der Waals surface area contributed by atoms with Crippen LogP contribution in [0.4, 0.5) is 5.69 Å². The van der Waals surface area contributed by atoms with Gasteiger partial charge in [-0.2, -0.15) is 0 Å². The van der Waals surface area contributed by atoms with Crippen molar-refractivity contribution in [1.29, 1.82) is 0 Å². The average molecular weight is 408 g/mol. The Morgan fingerprint density at radius 2 is 1.75 bits per heavy atom. The van der Waals surface area contributed by atoms with Crippen LogP contribution in [0, 0.1) is 6.92 Å². The lowest BCUT2D eigenvalue weighted by atomic mass is 10.2. The monoisotopic (exact) mass is 407 g/mol. The molecule has 0 radical (unpaired) electrons. The topological polar surface area (TPSA) is 83.1 Å². The van der Waals surface area contributed by atoms with Crippen molar-refractivity contribution in [2.75, 3.05) is 32.8 Å². The molecule has 150 valence electrons. The first-order chi connectivity index (χ1) is 13.4. The van der Waals surface area contributed by atoms with Crippen LogP contribution < -0.4 is 19.5 Å². The van der Waals surface area contributed by atoms with E-state index >= 15 is 0 Å². The number of methoxy groups -OCH3 is 2. The van der Waals surface area contributed by atoms with Gasteiger partial charge in [-0.05, 0) is 43.7 Å². The Kier molecular flexibility index (Phi) is 7.52. The van der Waals surface area contributed by atoms with Gasteiger partial charge in [0.1, 0.15) is 5.75 Å². The van der Waals surface area contributed by atoms with Gasteiger partial charge in [-0.3, -0.25) is 4.79 Å². The fraction of sp³-hybridized carbons (Fsp3) is 0.300. The zero-order valence-electron chi connectivity index (χ0n) is 16.1. The van der Waals surface area contributed by atoms with Gasteiger partial charge in [0.2, 0.25) is 0 Å². The van der Waals surface area contributed by atoms with Crippen LogP contribution in [0.3, 0.4) is 0 Å². The van der Waals surface area contributed by atoms with E-state index in [4.69, 9.17) is 30.5 Å². The zero-order valence-corrected chi connectivity index (χ0v) is 16.9. The van der Waals surface area contributed by atoms with Crippen LogP contribution >= 0.6 is 11.6 Å². The molecular formula is C20H22ClNO6. The van der Waals surface area contributed by atoms with Gasteiger partial charge in [-0.1, -0.05) is 11.6 Å². The summed E-state index contributed by atoms with van der Waals surface area (Å²) in [4.78, 5) is 24.4. The Hall–Kier alpha value is -2.93. The number of anilines is 1. The Balaban J connectivity index is 2.01. The van der Waals surface area contributed by atoms with Gasteiger partial charge in [0.25, 0.3) is 5.91 Å². The molecular weight excluding hydrogens is 386 g/mol. The minimum absolute atomic E-state index is 0.244. The summed E-state index contributed by atoms with van der Waals surface area (Å²) in [5.41, 5.74) is 1.46. The van der Waals surface area contributed by atoms with Gasteiger partial charge in [-0.15, -0.1) is 0 Å². The lowest BCUT2D eigenvalue weighted by molar-refractivity contribution is -0.119. The van der Waals surface area contributed by atoms with Gasteiger partial charge in [0.05, 0.1) is 32.1 Å². The quantitative estimate of drug-likeness (QED) is 0.669. The van der Waals surface area contributed by atoms with Gasteiger partial charge in [-0.25, -0.2) is 4.79 Å². The minimum Gasteiger partial charge on any atom is -0.495 e. The highest BCUT2D eigenvalue weighted by Gasteiger charge is 2.15. The molecule has 0 heterocycles. The number of esters is 1. The van der Waals surface area contributed by atoms with Crippen LogP contribution in [0.25, 0.3) is 0 Å². The standard InChI is InChI=1S/C20H22ClNO6/c1-5-27-16-7-6-13(9-18(16)26-4)20(24)28-11-19(23)22-15-8-12(2)14(21)10-17(15)25-3/h6-10H,5,11H2,1-4H3,(H,22,23). The first-order valence-corrected chi connectivity index (χ1v) is 8.89. The van der Waals surface area contributed by atoms with E-state index in [9.17, 15) is 9.59 Å². The molecule has 28 heavy (non-hydrogen) atoms. The predicted molar refractivity (Wildman–Crippen MR) is 106 cm³/mol. The highest BCUT2D eigenvalue weighted by Crippen LogP contribution is 2.31. The highest BCUT2D eigenvalue weighted by molar-refractivity contribution is 6.31. The van der Waals surface area contributed by atoms with Crippen LogP contribution in [-0.2, 0) is 9.53 Å². The maximum atomic E-state index is 12.2. The number of carbonyl (C=O) groups is 2. The Morgan fingerprint density at radius 1 is 1.04 bits per heavy atom. The van der Waals surface area contributed by atoms with Crippen LogP contribution in [0.15, 0.2) is 30.3 Å². The van der Waals surface area contributed by atoms with E-state index in [0.29, 0.717) is 34.6 Å². The van der Waals surface area contributed by atoms with Crippen molar-refractivity contribution in [3.63, 3.8) is 0 Å². The maximum Gasteiger partial charge on any atom is 0.338 e. The SMILES string of the molecule is CCOc1ccc(C(=O)OCC(=O)Nc2cc(C)c(Cl)cc2OC)cc1OC. The summed E-state index contributed by atoms with van der Waals surface area (Å²) in [5.74, 6) is 0.167. The third-order valence-corrected chi connectivity index (χ3v) is 4.20. The number of benzene rings is 2. The van der Waals surface area contributed by atoms with Gasteiger partial charge in [0, 0.05) is 11.1 Å². The molecule has 8 heteroatoms. The molecule has 7 nitrogen and oxygen atoms in total. The number of ether oxygens (including phenoxy) is 4. The van der Waals surface area contributed by atoms with E-state index in [1.54, 1.807) is 31.2 Å². The summed E-state index contributed by atoms with van der Waals surface area (Å²) in [5, 5.41) is 3.16. The van der Waals surface area contributed by atoms with Gasteiger partial charge in [0.15, 0.2) is 18.1 Å². The lowest BCUT2D eigenvalue weighted by Crippen LogP contribution is -2.21. The summed E-state index contributed by atoms with van der Waals surface area (Å²) >= 11 is 6.05. The third kappa shape index (κ3) is 5.29. The number of hydrogen-bond acceptors (Lipinski definition) is 6. The molecule has 0 atom stereocenters. The second-order valence-corrected chi connectivity index (χ2v) is 6.13. The molecule has 0 saturated carbocycles. The summed E-state index contributed by atoms with van der Waals surface area (Å²) in [6.45, 7) is 3.65. The molecule has 1 amide bonds. The molecule has 0 aromatic heterocycles. The normalized spacial score (nSPS) is 10.2. The number of halogens is 1. The van der Waals surface area contributed by atoms with Crippen LogP contribution in [0.2, 0.25) is 5.02 Å². The van der Waals surface area contributed by atoms with Gasteiger partial charge >= 0.3 is 5.97 Å².